The van der Waals surface area contributed by atoms with Crippen LogP contribution in [0.4, 0.5) is 0 Å². The summed E-state index contributed by atoms with van der Waals surface area (Å²) < 4.78 is 22.5. The van der Waals surface area contributed by atoms with E-state index in [9.17, 15) is 0 Å². The standard InChI is InChI=1S/C42H65NO3S/c1-4-19-34-24(10-1)26-13-7-16-31(39(26)44-34)43(32-17-8-14-27-25-11-2-5-20-35(25)45-40(27)32)33-18-9-15-28-29-22-23-37-38(42(29)46-41(28)33)30-12-3-6-21-36(30)47-37/h24-42H,1-23H2. The highest BCUT2D eigenvalue weighted by Crippen LogP contribution is 2.62. The van der Waals surface area contributed by atoms with Crippen molar-refractivity contribution in [1.29, 1.82) is 0 Å². The molecule has 262 valence electrons. The predicted molar refractivity (Wildman–Crippen MR) is 188 cm³/mol. The Bertz CT molecular complexity index is 1100. The quantitative estimate of drug-likeness (QED) is 0.301. The van der Waals surface area contributed by atoms with Crippen molar-refractivity contribution in [3.63, 3.8) is 0 Å². The summed E-state index contributed by atoms with van der Waals surface area (Å²) in [5, 5.41) is 1.84. The first-order valence-corrected chi connectivity index (χ1v) is 22.7. The maximum atomic E-state index is 7.78. The Morgan fingerprint density at radius 2 is 0.809 bits per heavy atom. The third-order valence-corrected chi connectivity index (χ3v) is 19.2. The van der Waals surface area contributed by atoms with Gasteiger partial charge in [-0.15, -0.1) is 0 Å². The zero-order valence-corrected chi connectivity index (χ0v) is 30.1. The highest BCUT2D eigenvalue weighted by molar-refractivity contribution is 8.00. The van der Waals surface area contributed by atoms with Gasteiger partial charge in [0.25, 0.3) is 0 Å². The van der Waals surface area contributed by atoms with Crippen LogP contribution in [0.25, 0.3) is 0 Å². The van der Waals surface area contributed by atoms with Crippen LogP contribution >= 0.6 is 11.8 Å². The lowest BCUT2D eigenvalue weighted by atomic mass is 9.64. The Kier molecular flexibility index (Phi) is 8.13. The molecule has 7 aliphatic carbocycles. The first-order valence-electron chi connectivity index (χ1n) is 21.7. The number of thioether (sulfide) groups is 1. The summed E-state index contributed by atoms with van der Waals surface area (Å²) in [5.74, 6) is 6.72. The lowest BCUT2D eigenvalue weighted by Crippen LogP contribution is -2.64. The summed E-state index contributed by atoms with van der Waals surface area (Å²) in [5.41, 5.74) is 0. The summed E-state index contributed by atoms with van der Waals surface area (Å²) >= 11 is 2.43. The van der Waals surface area contributed by atoms with E-state index in [0.29, 0.717) is 54.7 Å². The van der Waals surface area contributed by atoms with E-state index in [1.807, 2.05) is 0 Å². The molecule has 4 nitrogen and oxygen atoms in total. The van der Waals surface area contributed by atoms with E-state index < -0.39 is 0 Å². The second-order valence-electron chi connectivity index (χ2n) is 19.2. The molecule has 0 aromatic rings. The van der Waals surface area contributed by atoms with E-state index in [1.54, 1.807) is 0 Å². The molecular formula is C42H65NO3S. The second-order valence-corrected chi connectivity index (χ2v) is 20.6. The van der Waals surface area contributed by atoms with Gasteiger partial charge in [0.2, 0.25) is 0 Å². The first-order chi connectivity index (χ1) is 23.3. The monoisotopic (exact) mass is 663 g/mol. The highest BCUT2D eigenvalue weighted by atomic mass is 32.2. The summed E-state index contributed by atoms with van der Waals surface area (Å²) in [6.45, 7) is 0. The van der Waals surface area contributed by atoms with Gasteiger partial charge < -0.3 is 14.2 Å². The maximum absolute atomic E-state index is 7.78. The molecule has 5 heteroatoms. The van der Waals surface area contributed by atoms with Gasteiger partial charge in [-0.1, -0.05) is 57.8 Å². The van der Waals surface area contributed by atoms with Gasteiger partial charge in [0.15, 0.2) is 0 Å². The molecule has 47 heavy (non-hydrogen) atoms. The smallest absolute Gasteiger partial charge is 0.0766 e. The maximum Gasteiger partial charge on any atom is 0.0766 e. The van der Waals surface area contributed by atoms with Crippen molar-refractivity contribution in [2.45, 2.75) is 213 Å². The molecule has 0 bridgehead atoms. The SMILES string of the molecule is C1CCC2C(C1)OC1C2CCCC1N(C1CCCC2C3CCCCC3OC21)C1CCCC2C3CCC4SC5CCCCC5C4C3OC21. The average Bonchev–Trinajstić information content (AvgIpc) is 3.88. The van der Waals surface area contributed by atoms with E-state index in [2.05, 4.69) is 16.7 Å². The Labute approximate surface area is 290 Å². The van der Waals surface area contributed by atoms with E-state index in [0.717, 1.165) is 57.8 Å². The zero-order chi connectivity index (χ0) is 30.6. The number of hydrogen-bond donors (Lipinski definition) is 0. The molecule has 0 spiro atoms. The topological polar surface area (TPSA) is 30.9 Å². The van der Waals surface area contributed by atoms with Gasteiger partial charge in [0, 0.05) is 34.5 Å². The third-order valence-electron chi connectivity index (χ3n) is 17.4. The number of fused-ring (bicyclic) bond motifs is 13. The first kappa shape index (κ1) is 30.8. The van der Waals surface area contributed by atoms with E-state index in [1.165, 1.54) is 148 Å². The van der Waals surface area contributed by atoms with Crippen molar-refractivity contribution in [2.24, 2.45) is 47.3 Å². The van der Waals surface area contributed by atoms with Gasteiger partial charge in [-0.3, -0.25) is 4.90 Å². The number of ether oxygens (including phenoxy) is 3. The van der Waals surface area contributed by atoms with Crippen LogP contribution in [0.15, 0.2) is 0 Å². The molecule has 0 amide bonds. The molecule has 11 rings (SSSR count). The summed E-state index contributed by atoms with van der Waals surface area (Å²) in [4.78, 5) is 3.25. The molecular weight excluding hydrogens is 599 g/mol. The minimum atomic E-state index is 0.457. The Morgan fingerprint density at radius 1 is 0.340 bits per heavy atom. The van der Waals surface area contributed by atoms with Crippen LogP contribution in [0.5, 0.6) is 0 Å². The van der Waals surface area contributed by atoms with Crippen molar-refractivity contribution in [3.05, 3.63) is 0 Å². The normalized spacial score (nSPS) is 58.0. The molecule has 0 N–H and O–H groups in total. The van der Waals surface area contributed by atoms with Gasteiger partial charge in [0.1, 0.15) is 0 Å². The van der Waals surface area contributed by atoms with Crippen molar-refractivity contribution >= 4 is 11.8 Å². The summed E-state index contributed by atoms with van der Waals surface area (Å²) in [6.07, 6.45) is 35.7. The molecule has 0 aromatic heterocycles. The largest absolute Gasteiger partial charge is 0.373 e. The van der Waals surface area contributed by atoms with E-state index in [-0.39, 0.29) is 0 Å². The minimum absolute atomic E-state index is 0.457. The molecule has 11 fully saturated rings. The highest BCUT2D eigenvalue weighted by Gasteiger charge is 2.63. The van der Waals surface area contributed by atoms with Crippen molar-refractivity contribution in [1.82, 2.24) is 4.90 Å². The van der Waals surface area contributed by atoms with E-state index in [4.69, 9.17) is 14.2 Å². The summed E-state index contributed by atoms with van der Waals surface area (Å²) in [7, 11) is 0. The molecule has 7 saturated carbocycles. The van der Waals surface area contributed by atoms with Crippen LogP contribution in [0.2, 0.25) is 0 Å². The second kappa shape index (κ2) is 12.4. The number of nitrogens with zero attached hydrogens (tertiary/aromatic N) is 1. The number of hydrogen-bond acceptors (Lipinski definition) is 5. The molecule has 0 radical (unpaired) electrons. The van der Waals surface area contributed by atoms with Crippen molar-refractivity contribution in [3.8, 4) is 0 Å². The van der Waals surface area contributed by atoms with Gasteiger partial charge in [-0.05, 0) is 131 Å². The molecule has 4 heterocycles. The molecule has 4 saturated heterocycles. The van der Waals surface area contributed by atoms with Crippen LogP contribution in [-0.4, -0.2) is 70.1 Å². The molecule has 11 aliphatic rings. The lowest BCUT2D eigenvalue weighted by Gasteiger charge is -2.54. The van der Waals surface area contributed by atoms with Crippen LogP contribution in [-0.2, 0) is 14.2 Å². The van der Waals surface area contributed by atoms with Crippen LogP contribution in [0, 0.1) is 47.3 Å². The fourth-order valence-corrected chi connectivity index (χ4v) is 17.9. The molecule has 4 aliphatic heterocycles. The van der Waals surface area contributed by atoms with Gasteiger partial charge in [-0.25, -0.2) is 0 Å². The Morgan fingerprint density at radius 3 is 1.43 bits per heavy atom. The third kappa shape index (κ3) is 4.86. The number of rotatable bonds is 3. The molecule has 0 aromatic carbocycles. The van der Waals surface area contributed by atoms with Crippen LogP contribution < -0.4 is 0 Å². The van der Waals surface area contributed by atoms with Gasteiger partial charge in [0.05, 0.1) is 36.6 Å². The molecule has 19 atom stereocenters. The average molecular weight is 664 g/mol. The lowest BCUT2D eigenvalue weighted by molar-refractivity contribution is -0.147. The van der Waals surface area contributed by atoms with Gasteiger partial charge >= 0.3 is 0 Å². The van der Waals surface area contributed by atoms with Gasteiger partial charge in [-0.2, -0.15) is 11.8 Å². The Balaban J connectivity index is 0.947. The zero-order valence-electron chi connectivity index (χ0n) is 29.3. The van der Waals surface area contributed by atoms with Crippen molar-refractivity contribution < 1.29 is 14.2 Å². The predicted octanol–water partition coefficient (Wildman–Crippen LogP) is 9.18. The minimum Gasteiger partial charge on any atom is -0.373 e. The van der Waals surface area contributed by atoms with Crippen LogP contribution in [0.3, 0.4) is 0 Å². The van der Waals surface area contributed by atoms with Crippen LogP contribution in [0.1, 0.15) is 148 Å². The fourth-order valence-electron chi connectivity index (χ4n) is 15.8. The Hall–Kier alpha value is 0.190. The summed E-state index contributed by atoms with van der Waals surface area (Å²) in [6, 6.07) is 1.75. The van der Waals surface area contributed by atoms with Crippen molar-refractivity contribution in [2.75, 3.05) is 0 Å². The molecule has 19 unspecified atom stereocenters. The van der Waals surface area contributed by atoms with E-state index >= 15 is 0 Å². The fraction of sp³-hybridized carbons (Fsp3) is 1.00.